The predicted molar refractivity (Wildman–Crippen MR) is 54.8 cm³/mol. The van der Waals surface area contributed by atoms with Gasteiger partial charge in [0.15, 0.2) is 0 Å². The second-order valence-electron chi connectivity index (χ2n) is 3.41. The molecule has 1 N–H and O–H groups in total. The number of rotatable bonds is 6. The Bertz CT molecular complexity index is 206. The molecule has 1 aromatic rings. The van der Waals surface area contributed by atoms with Gasteiger partial charge in [0.05, 0.1) is 6.26 Å². The van der Waals surface area contributed by atoms with Gasteiger partial charge in [0, 0.05) is 12.5 Å². The standard InChI is InChI=1S/C11H19NO/c1-3-4-6-10(12-2)9-11-7-5-8-13-11/h5,7-8,10,12H,3-4,6,9H2,1-2H3. The van der Waals surface area contributed by atoms with E-state index in [2.05, 4.69) is 12.2 Å². The number of hydrogen-bond donors (Lipinski definition) is 1. The van der Waals surface area contributed by atoms with Crippen LogP contribution in [0.2, 0.25) is 0 Å². The van der Waals surface area contributed by atoms with Crippen molar-refractivity contribution < 1.29 is 4.42 Å². The minimum atomic E-state index is 0.561. The number of hydrogen-bond acceptors (Lipinski definition) is 2. The summed E-state index contributed by atoms with van der Waals surface area (Å²) in [7, 11) is 2.02. The van der Waals surface area contributed by atoms with Gasteiger partial charge in [0.2, 0.25) is 0 Å². The van der Waals surface area contributed by atoms with Gasteiger partial charge < -0.3 is 9.73 Å². The van der Waals surface area contributed by atoms with E-state index in [0.717, 1.165) is 12.2 Å². The Morgan fingerprint density at radius 2 is 2.38 bits per heavy atom. The van der Waals surface area contributed by atoms with Gasteiger partial charge >= 0.3 is 0 Å². The zero-order valence-electron chi connectivity index (χ0n) is 8.55. The number of furan rings is 1. The van der Waals surface area contributed by atoms with E-state index in [0.29, 0.717) is 6.04 Å². The van der Waals surface area contributed by atoms with Crippen LogP contribution in [-0.4, -0.2) is 13.1 Å². The molecule has 2 heteroatoms. The van der Waals surface area contributed by atoms with E-state index in [-0.39, 0.29) is 0 Å². The van der Waals surface area contributed by atoms with Gasteiger partial charge in [-0.2, -0.15) is 0 Å². The lowest BCUT2D eigenvalue weighted by Gasteiger charge is -2.13. The highest BCUT2D eigenvalue weighted by atomic mass is 16.3. The first-order valence-electron chi connectivity index (χ1n) is 5.06. The fourth-order valence-corrected chi connectivity index (χ4v) is 1.47. The lowest BCUT2D eigenvalue weighted by molar-refractivity contribution is 0.435. The van der Waals surface area contributed by atoms with Gasteiger partial charge in [0.1, 0.15) is 5.76 Å². The van der Waals surface area contributed by atoms with Crippen LogP contribution in [0.5, 0.6) is 0 Å². The molecule has 74 valence electrons. The molecule has 0 amide bonds. The molecule has 0 spiro atoms. The Hall–Kier alpha value is -0.760. The van der Waals surface area contributed by atoms with E-state index in [1.807, 2.05) is 19.2 Å². The highest BCUT2D eigenvalue weighted by Gasteiger charge is 2.07. The van der Waals surface area contributed by atoms with Crippen molar-refractivity contribution >= 4 is 0 Å². The van der Waals surface area contributed by atoms with Crippen molar-refractivity contribution in [3.05, 3.63) is 24.2 Å². The molecular formula is C11H19NO. The van der Waals surface area contributed by atoms with Crippen molar-refractivity contribution in [1.29, 1.82) is 0 Å². The molecule has 2 nitrogen and oxygen atoms in total. The van der Waals surface area contributed by atoms with Crippen LogP contribution in [0.3, 0.4) is 0 Å². The first kappa shape index (κ1) is 10.3. The van der Waals surface area contributed by atoms with Crippen molar-refractivity contribution in [1.82, 2.24) is 5.32 Å². The number of likely N-dealkylation sites (N-methyl/N-ethyl adjacent to an activating group) is 1. The number of unbranched alkanes of at least 4 members (excludes halogenated alkanes) is 1. The molecule has 1 rings (SSSR count). The van der Waals surface area contributed by atoms with E-state index >= 15 is 0 Å². The fourth-order valence-electron chi connectivity index (χ4n) is 1.47. The molecule has 0 saturated heterocycles. The highest BCUT2D eigenvalue weighted by molar-refractivity contribution is 5.00. The Morgan fingerprint density at radius 1 is 1.54 bits per heavy atom. The van der Waals surface area contributed by atoms with Gasteiger partial charge in [-0.1, -0.05) is 19.8 Å². The fraction of sp³-hybridized carbons (Fsp3) is 0.636. The summed E-state index contributed by atoms with van der Waals surface area (Å²) in [5.41, 5.74) is 0. The summed E-state index contributed by atoms with van der Waals surface area (Å²) in [6.07, 6.45) is 6.52. The summed E-state index contributed by atoms with van der Waals surface area (Å²) in [6, 6.07) is 4.55. The van der Waals surface area contributed by atoms with Crippen LogP contribution in [0.25, 0.3) is 0 Å². The first-order chi connectivity index (χ1) is 6.36. The molecule has 0 fully saturated rings. The lowest BCUT2D eigenvalue weighted by Crippen LogP contribution is -2.27. The Labute approximate surface area is 80.3 Å². The Kier molecular flexibility index (Phi) is 4.61. The van der Waals surface area contributed by atoms with Crippen molar-refractivity contribution in [2.45, 2.75) is 38.6 Å². The van der Waals surface area contributed by atoms with E-state index in [1.54, 1.807) is 6.26 Å². The molecule has 0 aromatic carbocycles. The maximum Gasteiger partial charge on any atom is 0.105 e. The van der Waals surface area contributed by atoms with Gasteiger partial charge in [-0.25, -0.2) is 0 Å². The third kappa shape index (κ3) is 3.64. The van der Waals surface area contributed by atoms with Crippen LogP contribution in [0.1, 0.15) is 31.9 Å². The molecule has 0 bridgehead atoms. The van der Waals surface area contributed by atoms with E-state index < -0.39 is 0 Å². The monoisotopic (exact) mass is 181 g/mol. The molecule has 1 unspecified atom stereocenters. The van der Waals surface area contributed by atoms with E-state index in [4.69, 9.17) is 4.42 Å². The van der Waals surface area contributed by atoms with Gasteiger partial charge in [0.25, 0.3) is 0 Å². The molecule has 13 heavy (non-hydrogen) atoms. The number of nitrogens with one attached hydrogen (secondary N) is 1. The average Bonchev–Trinajstić information content (AvgIpc) is 2.64. The van der Waals surface area contributed by atoms with Crippen molar-refractivity contribution in [3.8, 4) is 0 Å². The molecule has 0 aliphatic heterocycles. The molecule has 0 radical (unpaired) electrons. The average molecular weight is 181 g/mol. The predicted octanol–water partition coefficient (Wildman–Crippen LogP) is 2.60. The van der Waals surface area contributed by atoms with Crippen LogP contribution in [0.4, 0.5) is 0 Å². The zero-order valence-corrected chi connectivity index (χ0v) is 8.55. The molecule has 1 atom stereocenters. The molecule has 0 saturated carbocycles. The smallest absolute Gasteiger partial charge is 0.105 e. The summed E-state index contributed by atoms with van der Waals surface area (Å²) in [5, 5.41) is 3.32. The Morgan fingerprint density at radius 3 is 2.92 bits per heavy atom. The minimum absolute atomic E-state index is 0.561. The van der Waals surface area contributed by atoms with Crippen molar-refractivity contribution in [2.24, 2.45) is 0 Å². The van der Waals surface area contributed by atoms with Crippen LogP contribution in [0.15, 0.2) is 22.8 Å². The summed E-state index contributed by atoms with van der Waals surface area (Å²) < 4.78 is 5.31. The van der Waals surface area contributed by atoms with Crippen LogP contribution in [0, 0.1) is 0 Å². The minimum Gasteiger partial charge on any atom is -0.469 e. The summed E-state index contributed by atoms with van der Waals surface area (Å²) >= 11 is 0. The quantitative estimate of drug-likeness (QED) is 0.729. The Balaban J connectivity index is 2.31. The third-order valence-corrected chi connectivity index (χ3v) is 2.34. The lowest BCUT2D eigenvalue weighted by atomic mass is 10.1. The van der Waals surface area contributed by atoms with Crippen molar-refractivity contribution in [3.63, 3.8) is 0 Å². The molecule has 1 heterocycles. The second kappa shape index (κ2) is 5.81. The first-order valence-corrected chi connectivity index (χ1v) is 5.06. The third-order valence-electron chi connectivity index (χ3n) is 2.34. The topological polar surface area (TPSA) is 25.2 Å². The van der Waals surface area contributed by atoms with Crippen molar-refractivity contribution in [2.75, 3.05) is 7.05 Å². The highest BCUT2D eigenvalue weighted by Crippen LogP contribution is 2.08. The largest absolute Gasteiger partial charge is 0.469 e. The van der Waals surface area contributed by atoms with Crippen LogP contribution in [-0.2, 0) is 6.42 Å². The molecular weight excluding hydrogens is 162 g/mol. The summed E-state index contributed by atoms with van der Waals surface area (Å²) in [5.74, 6) is 1.08. The van der Waals surface area contributed by atoms with Crippen LogP contribution >= 0.6 is 0 Å². The van der Waals surface area contributed by atoms with Crippen LogP contribution < -0.4 is 5.32 Å². The van der Waals surface area contributed by atoms with Gasteiger partial charge in [-0.3, -0.25) is 0 Å². The van der Waals surface area contributed by atoms with E-state index in [1.165, 1.54) is 19.3 Å². The van der Waals surface area contributed by atoms with Gasteiger partial charge in [-0.05, 0) is 25.6 Å². The SMILES string of the molecule is CCCCC(Cc1ccco1)NC. The second-order valence-corrected chi connectivity index (χ2v) is 3.41. The maximum absolute atomic E-state index is 5.31. The van der Waals surface area contributed by atoms with Gasteiger partial charge in [-0.15, -0.1) is 0 Å². The molecule has 1 aromatic heterocycles. The van der Waals surface area contributed by atoms with E-state index in [9.17, 15) is 0 Å². The zero-order chi connectivity index (χ0) is 9.52. The maximum atomic E-state index is 5.31. The molecule has 0 aliphatic carbocycles. The summed E-state index contributed by atoms with van der Waals surface area (Å²) in [4.78, 5) is 0. The normalized spacial score (nSPS) is 13.1. The molecule has 0 aliphatic rings. The summed E-state index contributed by atoms with van der Waals surface area (Å²) in [6.45, 7) is 2.22.